The van der Waals surface area contributed by atoms with Crippen molar-refractivity contribution in [3.05, 3.63) is 70.8 Å². The van der Waals surface area contributed by atoms with Crippen molar-refractivity contribution in [3.63, 3.8) is 0 Å². The van der Waals surface area contributed by atoms with Gasteiger partial charge in [-0.3, -0.25) is 14.2 Å². The fourth-order valence-electron chi connectivity index (χ4n) is 2.39. The lowest BCUT2D eigenvalue weighted by Crippen LogP contribution is -2.27. The molecule has 0 atom stereocenters. The maximum absolute atomic E-state index is 13.1. The predicted molar refractivity (Wildman–Crippen MR) is 84.9 cm³/mol. The Hall–Kier alpha value is -3.15. The molecular weight excluding hydrogens is 299 g/mol. The van der Waals surface area contributed by atoms with Gasteiger partial charge in [0.15, 0.2) is 0 Å². The maximum Gasteiger partial charge on any atom is 0.255 e. The van der Waals surface area contributed by atoms with Crippen molar-refractivity contribution in [2.24, 2.45) is 0 Å². The minimum absolute atomic E-state index is 0.132. The van der Waals surface area contributed by atoms with Crippen molar-refractivity contribution in [2.75, 3.05) is 5.32 Å². The number of carbonyl (C=O) groups is 1. The average molecular weight is 312 g/mol. The Bertz CT molecular complexity index is 950. The number of hydrogen-bond donors (Lipinski definition) is 2. The highest BCUT2D eigenvalue weighted by molar-refractivity contribution is 5.92. The molecule has 0 radical (unpaired) electrons. The zero-order valence-electron chi connectivity index (χ0n) is 12.0. The average Bonchev–Trinajstić information content (AvgIpc) is 2.51. The molecule has 5 nitrogen and oxygen atoms in total. The van der Waals surface area contributed by atoms with Crippen LogP contribution in [0.1, 0.15) is 0 Å². The molecule has 2 aromatic carbocycles. The number of para-hydroxylation sites is 1. The summed E-state index contributed by atoms with van der Waals surface area (Å²) in [6, 6.07) is 13.3. The van der Waals surface area contributed by atoms with E-state index in [2.05, 4.69) is 5.32 Å². The molecule has 3 rings (SSSR count). The van der Waals surface area contributed by atoms with Gasteiger partial charge in [-0.15, -0.1) is 0 Å². The number of halogens is 1. The number of hydrogen-bond acceptors (Lipinski definition) is 3. The number of nitrogens with one attached hydrogen (secondary N) is 1. The smallest absolute Gasteiger partial charge is 0.255 e. The molecule has 0 spiro atoms. The largest absolute Gasteiger partial charge is 0.507 e. The molecule has 1 heterocycles. The standard InChI is InChI=1S/C17H13FN2O3/c18-11-4-3-5-12(8-11)19-16(22)10-20-14-7-2-1-6-13(14)15(21)9-17(20)23/h1-9,21H,10H2,(H,19,22). The second kappa shape index (κ2) is 5.92. The van der Waals surface area contributed by atoms with Crippen LogP contribution in [0.4, 0.5) is 10.1 Å². The van der Waals surface area contributed by atoms with E-state index in [1.807, 2.05) is 0 Å². The first-order valence-electron chi connectivity index (χ1n) is 6.91. The molecule has 0 fully saturated rings. The fourth-order valence-corrected chi connectivity index (χ4v) is 2.39. The first-order chi connectivity index (χ1) is 11.0. The Labute approximate surface area is 130 Å². The summed E-state index contributed by atoms with van der Waals surface area (Å²) >= 11 is 0. The van der Waals surface area contributed by atoms with Crippen LogP contribution in [0, 0.1) is 5.82 Å². The van der Waals surface area contributed by atoms with Crippen molar-refractivity contribution < 1.29 is 14.3 Å². The van der Waals surface area contributed by atoms with E-state index < -0.39 is 17.3 Å². The van der Waals surface area contributed by atoms with Crippen LogP contribution in [0.25, 0.3) is 10.9 Å². The van der Waals surface area contributed by atoms with E-state index in [0.717, 1.165) is 6.07 Å². The Kier molecular flexibility index (Phi) is 3.80. The molecule has 0 saturated heterocycles. The Morgan fingerprint density at radius 2 is 1.91 bits per heavy atom. The van der Waals surface area contributed by atoms with Crippen LogP contribution >= 0.6 is 0 Å². The minimum atomic E-state index is -0.490. The molecule has 0 bridgehead atoms. The van der Waals surface area contributed by atoms with Gasteiger partial charge in [0.25, 0.3) is 5.56 Å². The lowest BCUT2D eigenvalue weighted by Gasteiger charge is -2.11. The zero-order chi connectivity index (χ0) is 16.4. The second-order valence-electron chi connectivity index (χ2n) is 5.03. The van der Waals surface area contributed by atoms with E-state index in [-0.39, 0.29) is 12.3 Å². The SMILES string of the molecule is O=C(Cn1c(=O)cc(O)c2ccccc21)Nc1cccc(F)c1. The highest BCUT2D eigenvalue weighted by atomic mass is 19.1. The lowest BCUT2D eigenvalue weighted by atomic mass is 10.2. The summed E-state index contributed by atoms with van der Waals surface area (Å²) in [6.07, 6.45) is 0. The molecule has 3 aromatic rings. The van der Waals surface area contributed by atoms with Gasteiger partial charge in [-0.05, 0) is 30.3 Å². The molecule has 0 saturated carbocycles. The van der Waals surface area contributed by atoms with E-state index in [1.165, 1.54) is 22.8 Å². The Morgan fingerprint density at radius 1 is 1.13 bits per heavy atom. The van der Waals surface area contributed by atoms with Gasteiger partial charge in [-0.1, -0.05) is 18.2 Å². The van der Waals surface area contributed by atoms with Gasteiger partial charge < -0.3 is 10.4 Å². The van der Waals surface area contributed by atoms with E-state index in [1.54, 1.807) is 30.3 Å². The van der Waals surface area contributed by atoms with Gasteiger partial charge in [0.1, 0.15) is 18.1 Å². The number of amides is 1. The second-order valence-corrected chi connectivity index (χ2v) is 5.03. The van der Waals surface area contributed by atoms with Crippen LogP contribution in [0.5, 0.6) is 5.75 Å². The van der Waals surface area contributed by atoms with Crippen molar-refractivity contribution in [3.8, 4) is 5.75 Å². The lowest BCUT2D eigenvalue weighted by molar-refractivity contribution is -0.116. The van der Waals surface area contributed by atoms with Crippen molar-refractivity contribution in [2.45, 2.75) is 6.54 Å². The van der Waals surface area contributed by atoms with Gasteiger partial charge >= 0.3 is 0 Å². The predicted octanol–water partition coefficient (Wildman–Crippen LogP) is 2.48. The highest BCUT2D eigenvalue weighted by Gasteiger charge is 2.11. The molecule has 2 N–H and O–H groups in total. The third-order valence-electron chi connectivity index (χ3n) is 3.41. The van der Waals surface area contributed by atoms with Crippen molar-refractivity contribution in [1.29, 1.82) is 0 Å². The number of anilines is 1. The summed E-state index contributed by atoms with van der Waals surface area (Å²) < 4.78 is 14.4. The van der Waals surface area contributed by atoms with Crippen LogP contribution < -0.4 is 10.9 Å². The minimum Gasteiger partial charge on any atom is -0.507 e. The number of rotatable bonds is 3. The van der Waals surface area contributed by atoms with Crippen molar-refractivity contribution >= 4 is 22.5 Å². The summed E-state index contributed by atoms with van der Waals surface area (Å²) in [7, 11) is 0. The molecule has 1 aromatic heterocycles. The van der Waals surface area contributed by atoms with Crippen LogP contribution in [0.15, 0.2) is 59.4 Å². The third-order valence-corrected chi connectivity index (χ3v) is 3.41. The summed E-state index contributed by atoms with van der Waals surface area (Å²) in [5, 5.41) is 12.8. The molecule has 1 amide bonds. The third kappa shape index (κ3) is 3.06. The van der Waals surface area contributed by atoms with E-state index >= 15 is 0 Å². The summed E-state index contributed by atoms with van der Waals surface area (Å²) in [4.78, 5) is 24.2. The number of benzene rings is 2. The van der Waals surface area contributed by atoms with Crippen LogP contribution in [-0.2, 0) is 11.3 Å². The maximum atomic E-state index is 13.1. The van der Waals surface area contributed by atoms with Gasteiger partial charge in [-0.2, -0.15) is 0 Å². The van der Waals surface area contributed by atoms with E-state index in [4.69, 9.17) is 0 Å². The van der Waals surface area contributed by atoms with E-state index in [9.17, 15) is 19.1 Å². The topological polar surface area (TPSA) is 71.3 Å². The normalized spacial score (nSPS) is 10.7. The fraction of sp³-hybridized carbons (Fsp3) is 0.0588. The molecule has 116 valence electrons. The number of carbonyl (C=O) groups excluding carboxylic acids is 1. The van der Waals surface area contributed by atoms with Gasteiger partial charge in [0.2, 0.25) is 5.91 Å². The number of aromatic hydroxyl groups is 1. The van der Waals surface area contributed by atoms with Crippen LogP contribution in [0.3, 0.4) is 0 Å². The number of aromatic nitrogens is 1. The van der Waals surface area contributed by atoms with Gasteiger partial charge in [0.05, 0.1) is 5.52 Å². The van der Waals surface area contributed by atoms with Gasteiger partial charge in [0, 0.05) is 17.1 Å². The Balaban J connectivity index is 1.92. The van der Waals surface area contributed by atoms with Crippen LogP contribution in [-0.4, -0.2) is 15.6 Å². The summed E-state index contributed by atoms with van der Waals surface area (Å²) in [6.45, 7) is -0.240. The molecule has 6 heteroatoms. The molecular formula is C17H13FN2O3. The quantitative estimate of drug-likeness (QED) is 0.780. The molecule has 0 aliphatic heterocycles. The summed E-state index contributed by atoms with van der Waals surface area (Å²) in [5.74, 6) is -1.06. The number of nitrogens with zero attached hydrogens (tertiary/aromatic N) is 1. The van der Waals surface area contributed by atoms with E-state index in [0.29, 0.717) is 16.6 Å². The van der Waals surface area contributed by atoms with Gasteiger partial charge in [-0.25, -0.2) is 4.39 Å². The monoisotopic (exact) mass is 312 g/mol. The van der Waals surface area contributed by atoms with Crippen molar-refractivity contribution in [1.82, 2.24) is 4.57 Å². The number of fused-ring (bicyclic) bond motifs is 1. The first kappa shape index (κ1) is 14.8. The zero-order valence-corrected chi connectivity index (χ0v) is 12.0. The molecule has 0 aliphatic rings. The van der Waals surface area contributed by atoms with Crippen LogP contribution in [0.2, 0.25) is 0 Å². The molecule has 0 unspecified atom stereocenters. The summed E-state index contributed by atoms with van der Waals surface area (Å²) in [5.41, 5.74) is 0.272. The Morgan fingerprint density at radius 3 is 2.70 bits per heavy atom. The molecule has 23 heavy (non-hydrogen) atoms. The molecule has 0 aliphatic carbocycles. The first-order valence-corrected chi connectivity index (χ1v) is 6.91. The highest BCUT2D eigenvalue weighted by Crippen LogP contribution is 2.21. The number of pyridine rings is 1.